The van der Waals surface area contributed by atoms with Crippen LogP contribution in [0, 0.1) is 0 Å². The molecule has 0 atom stereocenters. The van der Waals surface area contributed by atoms with Crippen molar-refractivity contribution in [2.75, 3.05) is 11.9 Å². The van der Waals surface area contributed by atoms with Crippen LogP contribution < -0.4 is 4.90 Å². The van der Waals surface area contributed by atoms with E-state index in [1.54, 1.807) is 18.2 Å². The van der Waals surface area contributed by atoms with E-state index >= 15 is 0 Å². The molecule has 0 aliphatic carbocycles. The van der Waals surface area contributed by atoms with Crippen molar-refractivity contribution in [2.45, 2.75) is 13.5 Å². The van der Waals surface area contributed by atoms with E-state index in [9.17, 15) is 9.90 Å². The van der Waals surface area contributed by atoms with Gasteiger partial charge in [0, 0.05) is 30.4 Å². The van der Waals surface area contributed by atoms with Gasteiger partial charge in [0.1, 0.15) is 5.75 Å². The van der Waals surface area contributed by atoms with Crippen LogP contribution in [0.4, 0.5) is 5.69 Å². The Labute approximate surface area is 113 Å². The first-order valence-corrected chi connectivity index (χ1v) is 6.17. The van der Waals surface area contributed by atoms with Crippen LogP contribution in [0.2, 0.25) is 0 Å². The first-order chi connectivity index (χ1) is 9.08. The highest BCUT2D eigenvalue weighted by Crippen LogP contribution is 2.22. The molecule has 2 aromatic rings. The summed E-state index contributed by atoms with van der Waals surface area (Å²) in [6.45, 7) is 2.08. The lowest BCUT2D eigenvalue weighted by Crippen LogP contribution is -2.16. The second-order valence-corrected chi connectivity index (χ2v) is 4.59. The summed E-state index contributed by atoms with van der Waals surface area (Å²) < 4.78 is 0. The van der Waals surface area contributed by atoms with Gasteiger partial charge in [0.05, 0.1) is 0 Å². The highest BCUT2D eigenvalue weighted by Gasteiger charge is 2.08. The van der Waals surface area contributed by atoms with E-state index < -0.39 is 0 Å². The fraction of sp³-hybridized carbons (Fsp3) is 0.188. The van der Waals surface area contributed by atoms with Gasteiger partial charge in [-0.2, -0.15) is 0 Å². The summed E-state index contributed by atoms with van der Waals surface area (Å²) in [4.78, 5) is 13.4. The normalized spacial score (nSPS) is 10.2. The molecule has 0 aliphatic heterocycles. The SMILES string of the molecule is CC(=O)c1ccc(O)c(CN(C)c2ccccc2)c1. The van der Waals surface area contributed by atoms with Crippen LogP contribution in [0.3, 0.4) is 0 Å². The van der Waals surface area contributed by atoms with E-state index in [4.69, 9.17) is 0 Å². The van der Waals surface area contributed by atoms with Crippen molar-refractivity contribution in [1.82, 2.24) is 0 Å². The topological polar surface area (TPSA) is 40.5 Å². The molecule has 0 amide bonds. The maximum absolute atomic E-state index is 11.4. The van der Waals surface area contributed by atoms with Crippen molar-refractivity contribution in [2.24, 2.45) is 0 Å². The predicted molar refractivity (Wildman–Crippen MR) is 76.7 cm³/mol. The van der Waals surface area contributed by atoms with Gasteiger partial charge in [-0.25, -0.2) is 0 Å². The lowest BCUT2D eigenvalue weighted by atomic mass is 10.1. The van der Waals surface area contributed by atoms with Gasteiger partial charge < -0.3 is 10.0 Å². The smallest absolute Gasteiger partial charge is 0.159 e. The van der Waals surface area contributed by atoms with Gasteiger partial charge in [-0.3, -0.25) is 4.79 Å². The second kappa shape index (κ2) is 5.57. The largest absolute Gasteiger partial charge is 0.508 e. The average Bonchev–Trinajstić information content (AvgIpc) is 2.42. The van der Waals surface area contributed by atoms with Crippen LogP contribution >= 0.6 is 0 Å². The fourth-order valence-electron chi connectivity index (χ4n) is 1.96. The zero-order valence-corrected chi connectivity index (χ0v) is 11.1. The van der Waals surface area contributed by atoms with Crippen molar-refractivity contribution < 1.29 is 9.90 Å². The number of Topliss-reactive ketones (excluding diaryl/α,β-unsaturated/α-hetero) is 1. The summed E-state index contributed by atoms with van der Waals surface area (Å²) in [6, 6.07) is 14.9. The van der Waals surface area contributed by atoms with Gasteiger partial charge in [-0.1, -0.05) is 18.2 Å². The maximum atomic E-state index is 11.4. The summed E-state index contributed by atoms with van der Waals surface area (Å²) in [5, 5.41) is 9.87. The van der Waals surface area contributed by atoms with Gasteiger partial charge >= 0.3 is 0 Å². The van der Waals surface area contributed by atoms with E-state index in [1.807, 2.05) is 42.3 Å². The fourth-order valence-corrected chi connectivity index (χ4v) is 1.96. The highest BCUT2D eigenvalue weighted by molar-refractivity contribution is 5.94. The summed E-state index contributed by atoms with van der Waals surface area (Å²) in [7, 11) is 1.95. The number of anilines is 1. The van der Waals surface area contributed by atoms with Crippen molar-refractivity contribution in [3.8, 4) is 5.75 Å². The van der Waals surface area contributed by atoms with Gasteiger partial charge in [0.2, 0.25) is 0 Å². The lowest BCUT2D eigenvalue weighted by molar-refractivity contribution is 0.101. The zero-order chi connectivity index (χ0) is 13.8. The third kappa shape index (κ3) is 3.13. The Balaban J connectivity index is 2.23. The third-order valence-corrected chi connectivity index (χ3v) is 3.09. The molecule has 0 fully saturated rings. The van der Waals surface area contributed by atoms with Crippen LogP contribution in [0.15, 0.2) is 48.5 Å². The van der Waals surface area contributed by atoms with Gasteiger partial charge in [-0.15, -0.1) is 0 Å². The van der Waals surface area contributed by atoms with Crippen molar-refractivity contribution >= 4 is 11.5 Å². The van der Waals surface area contributed by atoms with E-state index in [2.05, 4.69) is 0 Å². The molecule has 0 unspecified atom stereocenters. The number of hydrogen-bond acceptors (Lipinski definition) is 3. The average molecular weight is 255 g/mol. The number of aromatic hydroxyl groups is 1. The van der Waals surface area contributed by atoms with Crippen LogP contribution in [-0.2, 0) is 6.54 Å². The Kier molecular flexibility index (Phi) is 3.85. The Morgan fingerprint density at radius 1 is 1.16 bits per heavy atom. The third-order valence-electron chi connectivity index (χ3n) is 3.09. The Hall–Kier alpha value is -2.29. The first kappa shape index (κ1) is 13.1. The number of carbonyl (C=O) groups is 1. The molecule has 19 heavy (non-hydrogen) atoms. The molecule has 0 saturated carbocycles. The van der Waals surface area contributed by atoms with Crippen LogP contribution in [0.25, 0.3) is 0 Å². The van der Waals surface area contributed by atoms with Gasteiger partial charge in [0.25, 0.3) is 0 Å². The summed E-state index contributed by atoms with van der Waals surface area (Å²) >= 11 is 0. The van der Waals surface area contributed by atoms with E-state index in [0.717, 1.165) is 11.3 Å². The number of para-hydroxylation sites is 1. The standard InChI is InChI=1S/C16H17NO2/c1-12(18)13-8-9-16(19)14(10-13)11-17(2)15-6-4-3-5-7-15/h3-10,19H,11H2,1-2H3. The van der Waals surface area contributed by atoms with E-state index in [-0.39, 0.29) is 11.5 Å². The number of phenols is 1. The minimum absolute atomic E-state index is 0.00335. The number of benzene rings is 2. The molecule has 98 valence electrons. The molecule has 2 rings (SSSR count). The Morgan fingerprint density at radius 2 is 1.84 bits per heavy atom. The summed E-state index contributed by atoms with van der Waals surface area (Å²) in [5.41, 5.74) is 2.43. The minimum Gasteiger partial charge on any atom is -0.508 e. The van der Waals surface area contributed by atoms with Crippen molar-refractivity contribution in [3.63, 3.8) is 0 Å². The monoisotopic (exact) mass is 255 g/mol. The molecule has 2 aromatic carbocycles. The second-order valence-electron chi connectivity index (χ2n) is 4.59. The predicted octanol–water partition coefficient (Wildman–Crippen LogP) is 3.23. The van der Waals surface area contributed by atoms with E-state index in [1.165, 1.54) is 6.92 Å². The highest BCUT2D eigenvalue weighted by atomic mass is 16.3. The molecule has 0 aliphatic rings. The molecular weight excluding hydrogens is 238 g/mol. The minimum atomic E-state index is 0.00335. The molecule has 0 aromatic heterocycles. The van der Waals surface area contributed by atoms with Crippen molar-refractivity contribution in [1.29, 1.82) is 0 Å². The molecule has 1 N–H and O–H groups in total. The molecule has 0 heterocycles. The van der Waals surface area contributed by atoms with Crippen molar-refractivity contribution in [3.05, 3.63) is 59.7 Å². The van der Waals surface area contributed by atoms with Crippen LogP contribution in [0.1, 0.15) is 22.8 Å². The Morgan fingerprint density at radius 3 is 2.47 bits per heavy atom. The molecule has 3 heteroatoms. The molecule has 0 bridgehead atoms. The number of ketones is 1. The summed E-state index contributed by atoms with van der Waals surface area (Å²) in [5.74, 6) is 0.219. The number of rotatable bonds is 4. The van der Waals surface area contributed by atoms with Crippen LogP contribution in [0.5, 0.6) is 5.75 Å². The van der Waals surface area contributed by atoms with E-state index in [0.29, 0.717) is 12.1 Å². The molecule has 0 radical (unpaired) electrons. The number of phenolic OH excluding ortho intramolecular Hbond substituents is 1. The molecule has 3 nitrogen and oxygen atoms in total. The maximum Gasteiger partial charge on any atom is 0.159 e. The quantitative estimate of drug-likeness (QED) is 0.853. The van der Waals surface area contributed by atoms with Crippen LogP contribution in [-0.4, -0.2) is 17.9 Å². The number of hydrogen-bond donors (Lipinski definition) is 1. The Bertz CT molecular complexity index is 579. The number of nitrogens with zero attached hydrogens (tertiary/aromatic N) is 1. The molecule has 0 saturated heterocycles. The van der Waals surface area contributed by atoms with Gasteiger partial charge in [0.15, 0.2) is 5.78 Å². The lowest BCUT2D eigenvalue weighted by Gasteiger charge is -2.20. The molecular formula is C16H17NO2. The first-order valence-electron chi connectivity index (χ1n) is 6.17. The molecule has 0 spiro atoms. The number of carbonyl (C=O) groups excluding carboxylic acids is 1. The summed E-state index contributed by atoms with van der Waals surface area (Å²) in [6.07, 6.45) is 0. The zero-order valence-electron chi connectivity index (χ0n) is 11.1. The van der Waals surface area contributed by atoms with Gasteiger partial charge in [-0.05, 0) is 37.3 Å².